The fraction of sp³-hybridized carbons (Fsp3) is 0.167. The maximum atomic E-state index is 12.5. The molecule has 0 aliphatic carbocycles. The van der Waals surface area contributed by atoms with Crippen molar-refractivity contribution in [3.05, 3.63) is 64.9 Å². The van der Waals surface area contributed by atoms with E-state index in [4.69, 9.17) is 4.42 Å². The number of nitrogens with one attached hydrogen (secondary N) is 1. The van der Waals surface area contributed by atoms with Gasteiger partial charge in [-0.15, -0.1) is 0 Å². The summed E-state index contributed by atoms with van der Waals surface area (Å²) in [6.45, 7) is 5.87. The Morgan fingerprint density at radius 2 is 1.62 bits per heavy atom. The van der Waals surface area contributed by atoms with Crippen molar-refractivity contribution in [2.45, 2.75) is 20.8 Å². The predicted octanol–water partition coefficient (Wildman–Crippen LogP) is 4.61. The average Bonchev–Trinajstić information content (AvgIpc) is 2.81. The molecule has 106 valence electrons. The average molecular weight is 279 g/mol. The van der Waals surface area contributed by atoms with Crippen LogP contribution in [-0.2, 0) is 0 Å². The van der Waals surface area contributed by atoms with Crippen LogP contribution in [-0.4, -0.2) is 5.91 Å². The molecule has 0 spiro atoms. The van der Waals surface area contributed by atoms with Crippen molar-refractivity contribution in [2.24, 2.45) is 0 Å². The van der Waals surface area contributed by atoms with Gasteiger partial charge in [0.15, 0.2) is 5.76 Å². The number of rotatable bonds is 2. The minimum atomic E-state index is -0.207. The normalized spacial score (nSPS) is 10.8. The Balaban J connectivity index is 2.00. The van der Waals surface area contributed by atoms with Crippen LogP contribution in [0.5, 0.6) is 0 Å². The molecule has 0 bridgehead atoms. The Hall–Kier alpha value is -2.55. The number of benzene rings is 2. The highest BCUT2D eigenvalue weighted by Gasteiger charge is 2.18. The van der Waals surface area contributed by atoms with Gasteiger partial charge in [-0.05, 0) is 38.0 Å². The lowest BCUT2D eigenvalue weighted by molar-refractivity contribution is 0.0997. The maximum Gasteiger partial charge on any atom is 0.291 e. The van der Waals surface area contributed by atoms with E-state index in [0.29, 0.717) is 5.76 Å². The lowest BCUT2D eigenvalue weighted by atomic mass is 10.1. The molecule has 1 aromatic heterocycles. The number of furan rings is 1. The molecular formula is C18H17NO2. The first-order chi connectivity index (χ1) is 10.1. The zero-order valence-electron chi connectivity index (χ0n) is 12.4. The first-order valence-corrected chi connectivity index (χ1v) is 6.93. The molecular weight excluding hydrogens is 262 g/mol. The lowest BCUT2D eigenvalue weighted by Crippen LogP contribution is -2.14. The van der Waals surface area contributed by atoms with Crippen LogP contribution in [0, 0.1) is 20.8 Å². The zero-order valence-corrected chi connectivity index (χ0v) is 12.4. The minimum absolute atomic E-state index is 0.207. The third kappa shape index (κ3) is 2.31. The van der Waals surface area contributed by atoms with Crippen LogP contribution < -0.4 is 5.32 Å². The number of para-hydroxylation sites is 2. The van der Waals surface area contributed by atoms with E-state index in [2.05, 4.69) is 5.32 Å². The molecule has 1 amide bonds. The first-order valence-electron chi connectivity index (χ1n) is 6.93. The quantitative estimate of drug-likeness (QED) is 0.744. The molecule has 1 heterocycles. The van der Waals surface area contributed by atoms with Gasteiger partial charge in [0.25, 0.3) is 5.91 Å². The molecule has 0 unspecified atom stereocenters. The molecule has 0 saturated carbocycles. The van der Waals surface area contributed by atoms with Gasteiger partial charge in [0.1, 0.15) is 5.58 Å². The van der Waals surface area contributed by atoms with E-state index in [0.717, 1.165) is 33.3 Å². The number of hydrogen-bond donors (Lipinski definition) is 1. The molecule has 2 aromatic carbocycles. The lowest BCUT2D eigenvalue weighted by Gasteiger charge is -2.10. The molecule has 3 heteroatoms. The van der Waals surface area contributed by atoms with Gasteiger partial charge >= 0.3 is 0 Å². The zero-order chi connectivity index (χ0) is 15.0. The van der Waals surface area contributed by atoms with Gasteiger partial charge in [-0.1, -0.05) is 36.4 Å². The SMILES string of the molecule is Cc1cccc(C)c1NC(=O)c1oc2ccccc2c1C. The smallest absolute Gasteiger partial charge is 0.291 e. The molecule has 0 aliphatic heterocycles. The van der Waals surface area contributed by atoms with Crippen LogP contribution in [0.1, 0.15) is 27.2 Å². The van der Waals surface area contributed by atoms with E-state index in [1.54, 1.807) is 0 Å². The van der Waals surface area contributed by atoms with E-state index >= 15 is 0 Å². The van der Waals surface area contributed by atoms with Gasteiger partial charge in [-0.2, -0.15) is 0 Å². The number of carbonyl (C=O) groups excluding carboxylic acids is 1. The molecule has 3 aromatic rings. The molecule has 0 radical (unpaired) electrons. The molecule has 3 rings (SSSR count). The summed E-state index contributed by atoms with van der Waals surface area (Å²) in [7, 11) is 0. The van der Waals surface area contributed by atoms with Gasteiger partial charge in [0.2, 0.25) is 0 Å². The number of aryl methyl sites for hydroxylation is 3. The van der Waals surface area contributed by atoms with E-state index in [9.17, 15) is 4.79 Å². The summed E-state index contributed by atoms with van der Waals surface area (Å²) in [6, 6.07) is 13.6. The van der Waals surface area contributed by atoms with Crippen molar-refractivity contribution in [1.82, 2.24) is 0 Å². The second-order valence-corrected chi connectivity index (χ2v) is 5.27. The van der Waals surface area contributed by atoms with Crippen LogP contribution in [0.3, 0.4) is 0 Å². The maximum absolute atomic E-state index is 12.5. The molecule has 21 heavy (non-hydrogen) atoms. The number of anilines is 1. The fourth-order valence-electron chi connectivity index (χ4n) is 2.57. The van der Waals surface area contributed by atoms with Gasteiger partial charge in [-0.3, -0.25) is 4.79 Å². The van der Waals surface area contributed by atoms with Crippen molar-refractivity contribution < 1.29 is 9.21 Å². The van der Waals surface area contributed by atoms with Crippen LogP contribution in [0.25, 0.3) is 11.0 Å². The molecule has 0 saturated heterocycles. The van der Waals surface area contributed by atoms with Crippen molar-refractivity contribution in [3.63, 3.8) is 0 Å². The van der Waals surface area contributed by atoms with E-state index in [1.165, 1.54) is 0 Å². The fourth-order valence-corrected chi connectivity index (χ4v) is 2.57. The Kier molecular flexibility index (Phi) is 3.26. The Labute approximate surface area is 123 Å². The Morgan fingerprint density at radius 1 is 0.952 bits per heavy atom. The number of carbonyl (C=O) groups is 1. The molecule has 1 N–H and O–H groups in total. The van der Waals surface area contributed by atoms with E-state index in [-0.39, 0.29) is 5.91 Å². The standard InChI is InChI=1S/C18H17NO2/c1-11-7-6-8-12(2)16(11)19-18(20)17-13(3)14-9-4-5-10-15(14)21-17/h4-10H,1-3H3,(H,19,20). The highest BCUT2D eigenvalue weighted by atomic mass is 16.3. The van der Waals surface area contributed by atoms with Gasteiger partial charge in [-0.25, -0.2) is 0 Å². The molecule has 3 nitrogen and oxygen atoms in total. The summed E-state index contributed by atoms with van der Waals surface area (Å²) in [5, 5.41) is 3.94. The summed E-state index contributed by atoms with van der Waals surface area (Å²) in [4.78, 5) is 12.5. The summed E-state index contributed by atoms with van der Waals surface area (Å²) in [5.74, 6) is 0.167. The first kappa shape index (κ1) is 13.4. The van der Waals surface area contributed by atoms with Crippen LogP contribution in [0.15, 0.2) is 46.9 Å². The van der Waals surface area contributed by atoms with Crippen molar-refractivity contribution >= 4 is 22.6 Å². The summed E-state index contributed by atoms with van der Waals surface area (Å²) < 4.78 is 5.70. The highest BCUT2D eigenvalue weighted by molar-refractivity contribution is 6.07. The molecule has 0 aliphatic rings. The van der Waals surface area contributed by atoms with Crippen LogP contribution >= 0.6 is 0 Å². The van der Waals surface area contributed by atoms with Gasteiger partial charge < -0.3 is 9.73 Å². The van der Waals surface area contributed by atoms with E-state index in [1.807, 2.05) is 63.2 Å². The number of hydrogen-bond acceptors (Lipinski definition) is 2. The third-order valence-electron chi connectivity index (χ3n) is 3.77. The van der Waals surface area contributed by atoms with Crippen molar-refractivity contribution in [2.75, 3.05) is 5.32 Å². The second kappa shape index (κ2) is 5.09. The summed E-state index contributed by atoms with van der Waals surface area (Å²) in [6.07, 6.45) is 0. The highest BCUT2D eigenvalue weighted by Crippen LogP contribution is 2.27. The number of fused-ring (bicyclic) bond motifs is 1. The van der Waals surface area contributed by atoms with Crippen LogP contribution in [0.2, 0.25) is 0 Å². The van der Waals surface area contributed by atoms with Crippen molar-refractivity contribution in [3.8, 4) is 0 Å². The Morgan fingerprint density at radius 3 is 2.29 bits per heavy atom. The monoisotopic (exact) mass is 279 g/mol. The topological polar surface area (TPSA) is 42.2 Å². The third-order valence-corrected chi connectivity index (χ3v) is 3.77. The van der Waals surface area contributed by atoms with Crippen molar-refractivity contribution in [1.29, 1.82) is 0 Å². The summed E-state index contributed by atoms with van der Waals surface area (Å²) >= 11 is 0. The van der Waals surface area contributed by atoms with Crippen LogP contribution in [0.4, 0.5) is 5.69 Å². The minimum Gasteiger partial charge on any atom is -0.451 e. The largest absolute Gasteiger partial charge is 0.451 e. The van der Waals surface area contributed by atoms with Gasteiger partial charge in [0, 0.05) is 16.6 Å². The van der Waals surface area contributed by atoms with Gasteiger partial charge in [0.05, 0.1) is 0 Å². The molecule has 0 fully saturated rings. The number of amides is 1. The van der Waals surface area contributed by atoms with E-state index < -0.39 is 0 Å². The second-order valence-electron chi connectivity index (χ2n) is 5.27. The summed E-state index contributed by atoms with van der Waals surface area (Å²) in [5.41, 5.74) is 4.53. The predicted molar refractivity (Wildman–Crippen MR) is 84.8 cm³/mol. The Bertz CT molecular complexity index is 810. The molecule has 0 atom stereocenters.